The molecule has 1 aliphatic rings. The number of allylic oxidation sites excluding steroid dienone is 1. The molecule has 0 unspecified atom stereocenters. The molecule has 3 heteroatoms. The van der Waals surface area contributed by atoms with Crippen LogP contribution in [-0.2, 0) is 13.5 Å². The molecule has 118 valence electrons. The smallest absolute Gasteiger partial charge is 0.243 e. The SMILES string of the molecule is C[n+]1[c-]n(-c2cccc(Cc3cccc(C4=NC=CC4)c3)c2)cc1. The van der Waals surface area contributed by atoms with Crippen molar-refractivity contribution in [3.05, 3.63) is 96.2 Å². The molecule has 0 atom stereocenters. The highest BCUT2D eigenvalue weighted by Gasteiger charge is 2.06. The summed E-state index contributed by atoms with van der Waals surface area (Å²) in [6.45, 7) is 0. The van der Waals surface area contributed by atoms with E-state index in [0.29, 0.717) is 0 Å². The Labute approximate surface area is 142 Å². The Morgan fingerprint density at radius 3 is 2.71 bits per heavy atom. The van der Waals surface area contributed by atoms with Gasteiger partial charge in [0.25, 0.3) is 0 Å². The van der Waals surface area contributed by atoms with E-state index in [9.17, 15) is 0 Å². The summed E-state index contributed by atoms with van der Waals surface area (Å²) in [6.07, 6.45) is 13.1. The Morgan fingerprint density at radius 1 is 1.12 bits per heavy atom. The first-order valence-electron chi connectivity index (χ1n) is 8.14. The summed E-state index contributed by atoms with van der Waals surface area (Å²) in [6, 6.07) is 17.3. The Kier molecular flexibility index (Phi) is 3.83. The molecule has 0 bridgehead atoms. The number of aromatic nitrogens is 2. The highest BCUT2D eigenvalue weighted by atomic mass is 15.1. The van der Waals surface area contributed by atoms with Gasteiger partial charge < -0.3 is 9.13 Å². The van der Waals surface area contributed by atoms with E-state index in [1.165, 1.54) is 16.7 Å². The van der Waals surface area contributed by atoms with Crippen LogP contribution in [0.25, 0.3) is 5.69 Å². The first-order chi connectivity index (χ1) is 11.8. The lowest BCUT2D eigenvalue weighted by Gasteiger charge is -2.08. The Morgan fingerprint density at radius 2 is 1.96 bits per heavy atom. The van der Waals surface area contributed by atoms with Gasteiger partial charge in [0.15, 0.2) is 0 Å². The summed E-state index contributed by atoms with van der Waals surface area (Å²) in [7, 11) is 1.98. The maximum Gasteiger partial charge on any atom is 0.243 e. The van der Waals surface area contributed by atoms with E-state index in [1.807, 2.05) is 34.8 Å². The molecule has 0 saturated heterocycles. The van der Waals surface area contributed by atoms with Crippen LogP contribution in [0.4, 0.5) is 0 Å². The molecule has 0 saturated carbocycles. The zero-order chi connectivity index (χ0) is 16.4. The fourth-order valence-electron chi connectivity index (χ4n) is 3.01. The third-order valence-electron chi connectivity index (χ3n) is 4.21. The van der Waals surface area contributed by atoms with E-state index in [4.69, 9.17) is 0 Å². The molecule has 0 aliphatic carbocycles. The number of hydrogen-bond acceptors (Lipinski definition) is 1. The van der Waals surface area contributed by atoms with Gasteiger partial charge in [-0.2, -0.15) is 0 Å². The van der Waals surface area contributed by atoms with Crippen LogP contribution in [0, 0.1) is 6.33 Å². The van der Waals surface area contributed by atoms with Crippen LogP contribution in [0.3, 0.4) is 0 Å². The van der Waals surface area contributed by atoms with Gasteiger partial charge in [-0.15, -0.1) is 0 Å². The van der Waals surface area contributed by atoms with Crippen molar-refractivity contribution in [3.63, 3.8) is 0 Å². The second kappa shape index (κ2) is 6.28. The number of aliphatic imine (C=N–C) groups is 1. The predicted molar refractivity (Wildman–Crippen MR) is 95.3 cm³/mol. The van der Waals surface area contributed by atoms with Crippen molar-refractivity contribution >= 4 is 5.71 Å². The number of imidazole rings is 1. The highest BCUT2D eigenvalue weighted by Crippen LogP contribution is 2.17. The summed E-state index contributed by atoms with van der Waals surface area (Å²) in [4.78, 5) is 4.44. The van der Waals surface area contributed by atoms with Crippen molar-refractivity contribution in [1.29, 1.82) is 0 Å². The van der Waals surface area contributed by atoms with E-state index < -0.39 is 0 Å². The third kappa shape index (κ3) is 3.06. The molecule has 2 heterocycles. The van der Waals surface area contributed by atoms with Crippen molar-refractivity contribution in [2.75, 3.05) is 0 Å². The molecule has 24 heavy (non-hydrogen) atoms. The van der Waals surface area contributed by atoms with Crippen LogP contribution >= 0.6 is 0 Å². The van der Waals surface area contributed by atoms with Crippen molar-refractivity contribution < 1.29 is 4.57 Å². The number of nitrogens with zero attached hydrogens (tertiary/aromatic N) is 3. The minimum absolute atomic E-state index is 0.912. The van der Waals surface area contributed by atoms with Gasteiger partial charge in [-0.05, 0) is 29.2 Å². The fraction of sp³-hybridized carbons (Fsp3) is 0.143. The minimum Gasteiger partial charge on any atom is -0.326 e. The van der Waals surface area contributed by atoms with Gasteiger partial charge in [0.2, 0.25) is 6.33 Å². The molecule has 0 radical (unpaired) electrons. The number of aryl methyl sites for hydroxylation is 1. The van der Waals surface area contributed by atoms with Crippen molar-refractivity contribution in [2.45, 2.75) is 12.8 Å². The maximum absolute atomic E-state index is 4.44. The Bertz CT molecular complexity index is 932. The van der Waals surface area contributed by atoms with Gasteiger partial charge >= 0.3 is 0 Å². The second-order valence-corrected chi connectivity index (χ2v) is 6.09. The monoisotopic (exact) mass is 313 g/mol. The summed E-state index contributed by atoms with van der Waals surface area (Å²) in [5.41, 5.74) is 6.11. The molecule has 0 fully saturated rings. The number of hydrogen-bond donors (Lipinski definition) is 0. The van der Waals surface area contributed by atoms with E-state index in [2.05, 4.69) is 65.9 Å². The molecule has 3 nitrogen and oxygen atoms in total. The van der Waals surface area contributed by atoms with Crippen LogP contribution in [0.15, 0.2) is 78.2 Å². The quantitative estimate of drug-likeness (QED) is 0.520. The van der Waals surface area contributed by atoms with Crippen LogP contribution in [-0.4, -0.2) is 10.3 Å². The second-order valence-electron chi connectivity index (χ2n) is 6.09. The van der Waals surface area contributed by atoms with Crippen LogP contribution < -0.4 is 4.57 Å². The number of benzene rings is 2. The standard InChI is InChI=1S/C21H19N3/c1-23-11-12-24(16-23)20-8-3-6-18(15-20)13-17-5-2-7-19(14-17)21-9-4-10-22-21/h2-8,10-12,14-15H,9,13H2,1H3. The van der Waals surface area contributed by atoms with Gasteiger partial charge in [0, 0.05) is 25.0 Å². The lowest BCUT2D eigenvalue weighted by Crippen LogP contribution is -2.24. The van der Waals surface area contributed by atoms with Gasteiger partial charge in [0.1, 0.15) is 0 Å². The molecule has 0 amide bonds. The minimum atomic E-state index is 0.912. The fourth-order valence-corrected chi connectivity index (χ4v) is 3.01. The van der Waals surface area contributed by atoms with Crippen molar-refractivity contribution in [3.8, 4) is 5.69 Å². The molecule has 0 spiro atoms. The summed E-state index contributed by atoms with van der Waals surface area (Å²) >= 11 is 0. The average molecular weight is 313 g/mol. The Hall–Kier alpha value is -2.94. The molecule has 1 aromatic heterocycles. The van der Waals surface area contributed by atoms with Gasteiger partial charge in [-0.1, -0.05) is 48.5 Å². The van der Waals surface area contributed by atoms with Gasteiger partial charge in [0.05, 0.1) is 18.4 Å². The summed E-state index contributed by atoms with van der Waals surface area (Å²) in [5.74, 6) is 0. The molecular formula is C21H19N3. The lowest BCUT2D eigenvalue weighted by molar-refractivity contribution is -0.674. The van der Waals surface area contributed by atoms with Crippen LogP contribution in [0.1, 0.15) is 23.1 Å². The molecular weight excluding hydrogens is 294 g/mol. The van der Waals surface area contributed by atoms with Gasteiger partial charge in [-0.25, -0.2) is 0 Å². The van der Waals surface area contributed by atoms with Crippen LogP contribution in [0.5, 0.6) is 0 Å². The van der Waals surface area contributed by atoms with E-state index in [0.717, 1.165) is 24.2 Å². The normalized spacial score (nSPS) is 13.3. The Balaban J connectivity index is 1.58. The summed E-state index contributed by atoms with van der Waals surface area (Å²) < 4.78 is 3.94. The molecule has 3 aromatic rings. The zero-order valence-electron chi connectivity index (χ0n) is 13.7. The van der Waals surface area contributed by atoms with Gasteiger partial charge in [-0.3, -0.25) is 4.99 Å². The third-order valence-corrected chi connectivity index (χ3v) is 4.21. The lowest BCUT2D eigenvalue weighted by atomic mass is 10.00. The van der Waals surface area contributed by atoms with E-state index in [-0.39, 0.29) is 0 Å². The average Bonchev–Trinajstić information content (AvgIpc) is 3.27. The molecule has 4 rings (SSSR count). The van der Waals surface area contributed by atoms with Crippen LogP contribution in [0.2, 0.25) is 0 Å². The molecule has 2 aromatic carbocycles. The first-order valence-corrected chi connectivity index (χ1v) is 8.14. The predicted octanol–water partition coefficient (Wildman–Crippen LogP) is 3.40. The summed E-state index contributed by atoms with van der Waals surface area (Å²) in [5, 5.41) is 0. The van der Waals surface area contributed by atoms with E-state index in [1.54, 1.807) is 0 Å². The zero-order valence-corrected chi connectivity index (χ0v) is 13.7. The molecule has 1 aliphatic heterocycles. The molecule has 0 N–H and O–H groups in total. The van der Waals surface area contributed by atoms with Crippen molar-refractivity contribution in [1.82, 2.24) is 4.57 Å². The largest absolute Gasteiger partial charge is 0.326 e. The highest BCUT2D eigenvalue weighted by molar-refractivity contribution is 6.03. The van der Waals surface area contributed by atoms with Crippen molar-refractivity contribution in [2.24, 2.45) is 12.0 Å². The number of rotatable bonds is 4. The topological polar surface area (TPSA) is 21.2 Å². The van der Waals surface area contributed by atoms with E-state index >= 15 is 0 Å². The first kappa shape index (κ1) is 14.6. The maximum atomic E-state index is 4.44.